The first-order valence-electron chi connectivity index (χ1n) is 3.91. The Balaban J connectivity index is -0.0000000408. The molecule has 0 saturated heterocycles. The van der Waals surface area contributed by atoms with Gasteiger partial charge >= 0.3 is 0 Å². The van der Waals surface area contributed by atoms with E-state index in [9.17, 15) is 0 Å². The SMILES string of the molecule is C.CCCCCCCC.Cl.Cl.[SiH4]. The van der Waals surface area contributed by atoms with E-state index in [4.69, 9.17) is 0 Å². The van der Waals surface area contributed by atoms with Gasteiger partial charge in [0.2, 0.25) is 0 Å². The van der Waals surface area contributed by atoms with E-state index in [1.54, 1.807) is 0 Å². The average molecular weight is 235 g/mol. The second-order valence-corrected chi connectivity index (χ2v) is 2.41. The average Bonchev–Trinajstić information content (AvgIpc) is 1.81. The van der Waals surface area contributed by atoms with Crippen molar-refractivity contribution in [3.8, 4) is 0 Å². The van der Waals surface area contributed by atoms with Crippen LogP contribution in [0.3, 0.4) is 0 Å². The number of unbranched alkanes of at least 4 members (excludes halogenated alkanes) is 5. The van der Waals surface area contributed by atoms with Crippen LogP contribution in [0.4, 0.5) is 0 Å². The highest BCUT2D eigenvalue weighted by molar-refractivity contribution is 5.85. The summed E-state index contributed by atoms with van der Waals surface area (Å²) in [5.41, 5.74) is 0. The number of rotatable bonds is 5. The quantitative estimate of drug-likeness (QED) is 0.506. The van der Waals surface area contributed by atoms with E-state index in [1.165, 1.54) is 38.5 Å². The molecule has 0 aromatic carbocycles. The van der Waals surface area contributed by atoms with E-state index in [-0.39, 0.29) is 43.2 Å². The van der Waals surface area contributed by atoms with Gasteiger partial charge in [0.15, 0.2) is 0 Å². The lowest BCUT2D eigenvalue weighted by Gasteiger charge is -1.93. The van der Waals surface area contributed by atoms with Gasteiger partial charge < -0.3 is 0 Å². The number of hydrogen-bond donors (Lipinski definition) is 0. The maximum absolute atomic E-state index is 2.26. The summed E-state index contributed by atoms with van der Waals surface area (Å²) in [7, 11) is 0. The first kappa shape index (κ1) is 29.3. The van der Waals surface area contributed by atoms with E-state index in [0.29, 0.717) is 0 Å². The highest BCUT2D eigenvalue weighted by Gasteiger charge is 1.83. The van der Waals surface area contributed by atoms with Crippen molar-refractivity contribution < 1.29 is 0 Å². The minimum Gasteiger partial charge on any atom is -0.147 e. The molecule has 0 heterocycles. The third kappa shape index (κ3) is 30.8. The number of hydrogen-bond acceptors (Lipinski definition) is 0. The Morgan fingerprint density at radius 3 is 1.08 bits per heavy atom. The molecule has 0 N–H and O–H groups in total. The van der Waals surface area contributed by atoms with Crippen LogP contribution in [0.15, 0.2) is 0 Å². The van der Waals surface area contributed by atoms with Crippen molar-refractivity contribution in [3.05, 3.63) is 0 Å². The van der Waals surface area contributed by atoms with Gasteiger partial charge in [-0.3, -0.25) is 0 Å². The standard InChI is InChI=1S/C8H18.CH4.2ClH.H4Si/c1-3-5-7-8-6-4-2;;;;/h3-8H2,1-2H3;1H4;2*1H;1H4. The summed E-state index contributed by atoms with van der Waals surface area (Å²) in [4.78, 5) is 0. The van der Waals surface area contributed by atoms with E-state index in [2.05, 4.69) is 13.8 Å². The van der Waals surface area contributed by atoms with Crippen LogP contribution >= 0.6 is 24.8 Å². The molecule has 0 amide bonds. The van der Waals surface area contributed by atoms with Gasteiger partial charge in [-0.15, -0.1) is 24.8 Å². The predicted octanol–water partition coefficient (Wildman–Crippen LogP) is 3.39. The van der Waals surface area contributed by atoms with Crippen LogP contribution in [-0.4, -0.2) is 11.0 Å². The van der Waals surface area contributed by atoms with Crippen LogP contribution < -0.4 is 0 Å². The van der Waals surface area contributed by atoms with Gasteiger partial charge in [0, 0.05) is 0 Å². The summed E-state index contributed by atoms with van der Waals surface area (Å²) in [5.74, 6) is 0. The Labute approximate surface area is 95.7 Å². The fourth-order valence-corrected chi connectivity index (χ4v) is 0.854. The van der Waals surface area contributed by atoms with Crippen molar-refractivity contribution in [3.63, 3.8) is 0 Å². The number of halogens is 2. The Kier molecular flexibility index (Phi) is 72.7. The lowest BCUT2D eigenvalue weighted by atomic mass is 10.1. The Hall–Kier alpha value is 0.797. The van der Waals surface area contributed by atoms with E-state index < -0.39 is 0 Å². The maximum atomic E-state index is 2.26. The molecule has 0 aliphatic heterocycles. The predicted molar refractivity (Wildman–Crippen MR) is 71.6 cm³/mol. The third-order valence-corrected chi connectivity index (χ3v) is 1.46. The molecule has 0 aliphatic rings. The van der Waals surface area contributed by atoms with Crippen LogP contribution in [0, 0.1) is 0 Å². The molecule has 0 nitrogen and oxygen atoms in total. The van der Waals surface area contributed by atoms with E-state index in [1.807, 2.05) is 0 Å². The minimum absolute atomic E-state index is 0. The zero-order valence-corrected chi connectivity index (χ0v) is 8.69. The van der Waals surface area contributed by atoms with Crippen LogP contribution in [0.5, 0.6) is 0 Å². The second kappa shape index (κ2) is 29.8. The topological polar surface area (TPSA) is 0 Å². The van der Waals surface area contributed by atoms with E-state index in [0.717, 1.165) is 0 Å². The zero-order valence-electron chi connectivity index (χ0n) is 7.06. The smallest absolute Gasteiger partial charge is 0.0149 e. The molecule has 0 fully saturated rings. The third-order valence-electron chi connectivity index (χ3n) is 1.46. The fraction of sp³-hybridized carbons (Fsp3) is 1.00. The van der Waals surface area contributed by atoms with Crippen LogP contribution in [0.2, 0.25) is 0 Å². The summed E-state index contributed by atoms with van der Waals surface area (Å²) in [6.45, 7) is 4.51. The molecule has 12 heavy (non-hydrogen) atoms. The molecule has 0 rings (SSSR count). The minimum atomic E-state index is 0. The first-order valence-corrected chi connectivity index (χ1v) is 3.91. The van der Waals surface area contributed by atoms with Gasteiger partial charge in [0.25, 0.3) is 0 Å². The molecule has 0 aromatic rings. The molecule has 0 spiro atoms. The van der Waals surface area contributed by atoms with E-state index >= 15 is 0 Å². The monoisotopic (exact) mass is 234 g/mol. The normalized spacial score (nSPS) is 6.50. The second-order valence-electron chi connectivity index (χ2n) is 2.41. The van der Waals surface area contributed by atoms with Crippen molar-refractivity contribution in [2.24, 2.45) is 0 Å². The summed E-state index contributed by atoms with van der Waals surface area (Å²) in [5, 5.41) is 0. The molecule has 82 valence electrons. The van der Waals surface area contributed by atoms with Gasteiger partial charge in [-0.05, 0) is 11.0 Å². The van der Waals surface area contributed by atoms with Gasteiger partial charge in [-0.25, -0.2) is 0 Å². The maximum Gasteiger partial charge on any atom is -0.0149 e. The van der Waals surface area contributed by atoms with Crippen LogP contribution in [0.25, 0.3) is 0 Å². The van der Waals surface area contributed by atoms with Crippen LogP contribution in [0.1, 0.15) is 59.8 Å². The fourth-order valence-electron chi connectivity index (χ4n) is 0.854. The highest BCUT2D eigenvalue weighted by Crippen LogP contribution is 2.03. The van der Waals surface area contributed by atoms with Gasteiger partial charge in [-0.2, -0.15) is 0 Å². The molecular weight excluding hydrogens is 207 g/mol. The summed E-state index contributed by atoms with van der Waals surface area (Å²) < 4.78 is 0. The van der Waals surface area contributed by atoms with Crippen molar-refractivity contribution in [1.82, 2.24) is 0 Å². The first-order chi connectivity index (χ1) is 3.91. The lowest BCUT2D eigenvalue weighted by molar-refractivity contribution is 0.624. The molecule has 0 aromatic heterocycles. The highest BCUT2D eigenvalue weighted by atomic mass is 35.5. The molecular formula is C9H28Cl2Si. The molecule has 0 atom stereocenters. The Morgan fingerprint density at radius 2 is 0.917 bits per heavy atom. The van der Waals surface area contributed by atoms with Gasteiger partial charge in [-0.1, -0.05) is 59.8 Å². The summed E-state index contributed by atoms with van der Waals surface area (Å²) in [6, 6.07) is 0. The van der Waals surface area contributed by atoms with Crippen molar-refractivity contribution >= 4 is 35.8 Å². The van der Waals surface area contributed by atoms with Gasteiger partial charge in [0.05, 0.1) is 0 Å². The molecule has 0 aliphatic carbocycles. The van der Waals surface area contributed by atoms with Crippen molar-refractivity contribution in [2.75, 3.05) is 0 Å². The Bertz CT molecular complexity index is 37.5. The summed E-state index contributed by atoms with van der Waals surface area (Å²) >= 11 is 0. The zero-order chi connectivity index (χ0) is 6.24. The summed E-state index contributed by atoms with van der Waals surface area (Å²) in [6.07, 6.45) is 8.49. The lowest BCUT2D eigenvalue weighted by Crippen LogP contribution is -1.73. The van der Waals surface area contributed by atoms with Crippen LogP contribution in [-0.2, 0) is 0 Å². The molecule has 3 heteroatoms. The molecule has 0 saturated carbocycles. The molecule has 0 radical (unpaired) electrons. The van der Waals surface area contributed by atoms with Gasteiger partial charge in [0.1, 0.15) is 0 Å². The largest absolute Gasteiger partial charge is 0.147 e. The Morgan fingerprint density at radius 1 is 0.667 bits per heavy atom. The van der Waals surface area contributed by atoms with Crippen molar-refractivity contribution in [1.29, 1.82) is 0 Å². The molecule has 0 bridgehead atoms. The molecule has 0 unspecified atom stereocenters. The van der Waals surface area contributed by atoms with Crippen molar-refractivity contribution in [2.45, 2.75) is 59.8 Å².